The van der Waals surface area contributed by atoms with E-state index in [1.807, 2.05) is 42.0 Å². The second-order valence-electron chi connectivity index (χ2n) is 4.72. The lowest BCUT2D eigenvalue weighted by Gasteiger charge is -2.12. The number of nitrogens with zero attached hydrogens (tertiary/aromatic N) is 3. The zero-order valence-corrected chi connectivity index (χ0v) is 12.0. The Kier molecular flexibility index (Phi) is 3.60. The zero-order chi connectivity index (χ0) is 13.9. The predicted octanol–water partition coefficient (Wildman–Crippen LogP) is 3.40. The maximum absolute atomic E-state index is 12.6. The van der Waals surface area contributed by atoms with Gasteiger partial charge in [-0.1, -0.05) is 19.1 Å². The minimum absolute atomic E-state index is 0.0511. The maximum atomic E-state index is 12.6. The molecule has 102 valence electrons. The minimum atomic E-state index is -0.0511. The van der Waals surface area contributed by atoms with E-state index in [2.05, 4.69) is 9.97 Å². The number of carbonyl (C=O) groups excluding carboxylic acids is 1. The lowest BCUT2D eigenvalue weighted by Crippen LogP contribution is -2.19. The third-order valence-electron chi connectivity index (χ3n) is 3.36. The van der Waals surface area contributed by atoms with Gasteiger partial charge in [0, 0.05) is 24.9 Å². The van der Waals surface area contributed by atoms with Crippen LogP contribution in [0.1, 0.15) is 23.1 Å². The molecule has 0 bridgehead atoms. The van der Waals surface area contributed by atoms with E-state index in [9.17, 15) is 4.79 Å². The number of imidazole rings is 1. The van der Waals surface area contributed by atoms with Crippen molar-refractivity contribution in [3.05, 3.63) is 48.0 Å². The second-order valence-corrected chi connectivity index (χ2v) is 5.75. The van der Waals surface area contributed by atoms with Gasteiger partial charge in [-0.3, -0.25) is 4.79 Å². The summed E-state index contributed by atoms with van der Waals surface area (Å²) in [4.78, 5) is 21.1. The molecule has 2 heterocycles. The molecule has 2 aromatic heterocycles. The Morgan fingerprint density at radius 3 is 2.95 bits per heavy atom. The van der Waals surface area contributed by atoms with E-state index in [0.29, 0.717) is 11.6 Å². The summed E-state index contributed by atoms with van der Waals surface area (Å²) in [6, 6.07) is 7.86. The van der Waals surface area contributed by atoms with Crippen molar-refractivity contribution in [3.8, 4) is 0 Å². The number of thiazole rings is 1. The molecular weight excluding hydrogens is 270 g/mol. The normalized spacial score (nSPS) is 12.7. The number of fused-ring (bicyclic) bond motifs is 1. The predicted molar refractivity (Wildman–Crippen MR) is 80.0 cm³/mol. The van der Waals surface area contributed by atoms with Crippen LogP contribution in [-0.4, -0.2) is 20.3 Å². The highest BCUT2D eigenvalue weighted by molar-refractivity contribution is 7.20. The standard InChI is InChI=1S/C15H15N3OS/c1-2-11(9-18-8-7-16-10-18)14(19)15-17-12-5-3-4-6-13(12)20-15/h3-8,10-11H,2,9H2,1H3. The average molecular weight is 285 g/mol. The number of Topliss-reactive ketones (excluding diaryl/α,β-unsaturated/α-hetero) is 1. The van der Waals surface area contributed by atoms with Crippen LogP contribution in [0.2, 0.25) is 0 Å². The third-order valence-corrected chi connectivity index (χ3v) is 4.41. The first kappa shape index (κ1) is 13.0. The molecule has 3 rings (SSSR count). The monoisotopic (exact) mass is 285 g/mol. The van der Waals surface area contributed by atoms with Crippen LogP contribution in [0.4, 0.5) is 0 Å². The highest BCUT2D eigenvalue weighted by Crippen LogP contribution is 2.25. The average Bonchev–Trinajstić information content (AvgIpc) is 3.12. The van der Waals surface area contributed by atoms with E-state index in [-0.39, 0.29) is 11.7 Å². The molecule has 0 fully saturated rings. The van der Waals surface area contributed by atoms with E-state index in [1.165, 1.54) is 11.3 Å². The van der Waals surface area contributed by atoms with Crippen molar-refractivity contribution in [2.24, 2.45) is 5.92 Å². The van der Waals surface area contributed by atoms with E-state index >= 15 is 0 Å². The summed E-state index contributed by atoms with van der Waals surface area (Å²) >= 11 is 1.48. The van der Waals surface area contributed by atoms with Gasteiger partial charge in [-0.25, -0.2) is 9.97 Å². The summed E-state index contributed by atoms with van der Waals surface area (Å²) in [5, 5.41) is 0.609. The van der Waals surface area contributed by atoms with Crippen LogP contribution in [0.5, 0.6) is 0 Å². The van der Waals surface area contributed by atoms with E-state index in [0.717, 1.165) is 16.6 Å². The number of aromatic nitrogens is 3. The number of carbonyl (C=O) groups is 1. The zero-order valence-electron chi connectivity index (χ0n) is 11.2. The molecule has 0 N–H and O–H groups in total. The fourth-order valence-corrected chi connectivity index (χ4v) is 3.18. The molecule has 0 amide bonds. The van der Waals surface area contributed by atoms with Gasteiger partial charge in [0.05, 0.1) is 16.5 Å². The maximum Gasteiger partial charge on any atom is 0.196 e. The van der Waals surface area contributed by atoms with Crippen LogP contribution in [-0.2, 0) is 6.54 Å². The van der Waals surface area contributed by atoms with Gasteiger partial charge >= 0.3 is 0 Å². The largest absolute Gasteiger partial charge is 0.337 e. The van der Waals surface area contributed by atoms with Crippen molar-refractivity contribution >= 4 is 27.3 Å². The lowest BCUT2D eigenvalue weighted by molar-refractivity contribution is 0.0903. The van der Waals surface area contributed by atoms with Crippen molar-refractivity contribution in [3.63, 3.8) is 0 Å². The Morgan fingerprint density at radius 1 is 1.40 bits per heavy atom. The molecule has 0 aliphatic rings. The molecule has 0 aliphatic carbocycles. The van der Waals surface area contributed by atoms with Gasteiger partial charge in [0.1, 0.15) is 0 Å². The molecule has 1 aromatic carbocycles. The number of hydrogen-bond donors (Lipinski definition) is 0. The van der Waals surface area contributed by atoms with E-state index in [4.69, 9.17) is 0 Å². The van der Waals surface area contributed by atoms with Crippen LogP contribution < -0.4 is 0 Å². The molecule has 0 aliphatic heterocycles. The van der Waals surface area contributed by atoms with Crippen LogP contribution >= 0.6 is 11.3 Å². The number of para-hydroxylation sites is 1. The van der Waals surface area contributed by atoms with Crippen molar-refractivity contribution < 1.29 is 4.79 Å². The SMILES string of the molecule is CCC(Cn1ccnc1)C(=O)c1nc2ccccc2s1. The first-order valence-corrected chi connectivity index (χ1v) is 7.45. The van der Waals surface area contributed by atoms with Crippen LogP contribution in [0.15, 0.2) is 43.0 Å². The highest BCUT2D eigenvalue weighted by Gasteiger charge is 2.22. The Balaban J connectivity index is 1.85. The fraction of sp³-hybridized carbons (Fsp3) is 0.267. The van der Waals surface area contributed by atoms with Gasteiger partial charge in [0.15, 0.2) is 10.8 Å². The van der Waals surface area contributed by atoms with Gasteiger partial charge in [0.25, 0.3) is 0 Å². The van der Waals surface area contributed by atoms with Crippen LogP contribution in [0.3, 0.4) is 0 Å². The molecule has 0 radical (unpaired) electrons. The van der Waals surface area contributed by atoms with E-state index in [1.54, 1.807) is 12.5 Å². The van der Waals surface area contributed by atoms with Crippen molar-refractivity contribution in [1.29, 1.82) is 0 Å². The third kappa shape index (κ3) is 2.49. The Hall–Kier alpha value is -2.01. The molecule has 4 nitrogen and oxygen atoms in total. The van der Waals surface area contributed by atoms with Gasteiger partial charge < -0.3 is 4.57 Å². The molecule has 1 unspecified atom stereocenters. The summed E-state index contributed by atoms with van der Waals surface area (Å²) < 4.78 is 3.01. The van der Waals surface area contributed by atoms with Crippen molar-refractivity contribution in [2.75, 3.05) is 0 Å². The summed E-state index contributed by atoms with van der Waals surface area (Å²) in [7, 11) is 0. The topological polar surface area (TPSA) is 47.8 Å². The summed E-state index contributed by atoms with van der Waals surface area (Å²) in [5.74, 6) is 0.0761. The summed E-state index contributed by atoms with van der Waals surface area (Å²) in [5.41, 5.74) is 0.901. The fourth-order valence-electron chi connectivity index (χ4n) is 2.20. The molecule has 20 heavy (non-hydrogen) atoms. The molecule has 0 spiro atoms. The quantitative estimate of drug-likeness (QED) is 0.675. The second kappa shape index (κ2) is 5.54. The van der Waals surface area contributed by atoms with Gasteiger partial charge in [-0.15, -0.1) is 11.3 Å². The highest BCUT2D eigenvalue weighted by atomic mass is 32.1. The molecule has 0 saturated heterocycles. The molecule has 1 atom stereocenters. The molecule has 3 aromatic rings. The number of rotatable bonds is 5. The van der Waals surface area contributed by atoms with Gasteiger partial charge in [0.2, 0.25) is 0 Å². The Morgan fingerprint density at radius 2 is 2.25 bits per heavy atom. The number of benzene rings is 1. The molecular formula is C15H15N3OS. The Labute approximate surface area is 121 Å². The summed E-state index contributed by atoms with van der Waals surface area (Å²) in [6.07, 6.45) is 6.16. The first-order chi connectivity index (χ1) is 9.78. The number of ketones is 1. The van der Waals surface area contributed by atoms with Crippen molar-refractivity contribution in [2.45, 2.75) is 19.9 Å². The lowest BCUT2D eigenvalue weighted by atomic mass is 10.0. The summed E-state index contributed by atoms with van der Waals surface area (Å²) in [6.45, 7) is 2.69. The van der Waals surface area contributed by atoms with Crippen molar-refractivity contribution in [1.82, 2.24) is 14.5 Å². The van der Waals surface area contributed by atoms with Gasteiger partial charge in [-0.2, -0.15) is 0 Å². The minimum Gasteiger partial charge on any atom is -0.337 e. The Bertz CT molecular complexity index is 685. The van der Waals surface area contributed by atoms with Crippen LogP contribution in [0.25, 0.3) is 10.2 Å². The number of hydrogen-bond acceptors (Lipinski definition) is 4. The van der Waals surface area contributed by atoms with Crippen LogP contribution in [0, 0.1) is 5.92 Å². The first-order valence-electron chi connectivity index (χ1n) is 6.63. The van der Waals surface area contributed by atoms with Gasteiger partial charge in [-0.05, 0) is 18.6 Å². The van der Waals surface area contributed by atoms with E-state index < -0.39 is 0 Å². The smallest absolute Gasteiger partial charge is 0.196 e. The molecule has 5 heteroatoms. The molecule has 0 saturated carbocycles.